The third-order valence-electron chi connectivity index (χ3n) is 3.40. The van der Waals surface area contributed by atoms with E-state index >= 15 is 0 Å². The van der Waals surface area contributed by atoms with Crippen LogP contribution in [0.4, 0.5) is 5.69 Å². The fraction of sp³-hybridized carbons (Fsp3) is 0.538. The third-order valence-corrected chi connectivity index (χ3v) is 3.40. The number of nitrogens with one attached hydrogen (secondary N) is 1. The Morgan fingerprint density at radius 2 is 2.13 bits per heavy atom. The van der Waals surface area contributed by atoms with Gasteiger partial charge in [0.25, 0.3) is 0 Å². The standard InChI is InChI=1S/C13H19NO/c1-10-6-3-4-7-11(10)14-12-8-5-9-13(12,2)15/h3-4,6-7,12,14-15H,5,8-9H2,1-2H3. The monoisotopic (exact) mass is 205 g/mol. The van der Waals surface area contributed by atoms with E-state index in [1.165, 1.54) is 5.56 Å². The van der Waals surface area contributed by atoms with Crippen LogP contribution in [0.3, 0.4) is 0 Å². The van der Waals surface area contributed by atoms with E-state index in [4.69, 9.17) is 0 Å². The van der Waals surface area contributed by atoms with Crippen molar-refractivity contribution in [1.82, 2.24) is 0 Å². The highest BCUT2D eigenvalue weighted by Gasteiger charge is 2.36. The first kappa shape index (κ1) is 10.5. The lowest BCUT2D eigenvalue weighted by Gasteiger charge is -2.28. The van der Waals surface area contributed by atoms with Crippen LogP contribution in [0.1, 0.15) is 31.7 Å². The summed E-state index contributed by atoms with van der Waals surface area (Å²) in [7, 11) is 0. The molecule has 0 bridgehead atoms. The van der Waals surface area contributed by atoms with Crippen LogP contribution in [-0.2, 0) is 0 Å². The van der Waals surface area contributed by atoms with E-state index in [0.29, 0.717) is 0 Å². The van der Waals surface area contributed by atoms with Gasteiger partial charge in [0, 0.05) is 5.69 Å². The molecule has 1 aliphatic carbocycles. The van der Waals surface area contributed by atoms with Crippen molar-refractivity contribution in [1.29, 1.82) is 0 Å². The molecule has 0 amide bonds. The van der Waals surface area contributed by atoms with Crippen molar-refractivity contribution in [3.8, 4) is 0 Å². The fourth-order valence-corrected chi connectivity index (χ4v) is 2.30. The van der Waals surface area contributed by atoms with Gasteiger partial charge in [-0.15, -0.1) is 0 Å². The van der Waals surface area contributed by atoms with Crippen LogP contribution in [0.2, 0.25) is 0 Å². The molecule has 1 saturated carbocycles. The van der Waals surface area contributed by atoms with Gasteiger partial charge in [0.05, 0.1) is 11.6 Å². The minimum atomic E-state index is -0.553. The zero-order valence-electron chi connectivity index (χ0n) is 9.46. The summed E-state index contributed by atoms with van der Waals surface area (Å²) in [5.74, 6) is 0. The van der Waals surface area contributed by atoms with E-state index in [9.17, 15) is 5.11 Å². The summed E-state index contributed by atoms with van der Waals surface area (Å²) >= 11 is 0. The second kappa shape index (κ2) is 3.86. The Hall–Kier alpha value is -1.02. The normalized spacial score (nSPS) is 30.5. The van der Waals surface area contributed by atoms with Crippen LogP contribution in [0.5, 0.6) is 0 Å². The van der Waals surface area contributed by atoms with Crippen molar-refractivity contribution in [3.05, 3.63) is 29.8 Å². The van der Waals surface area contributed by atoms with Gasteiger partial charge < -0.3 is 10.4 Å². The summed E-state index contributed by atoms with van der Waals surface area (Å²) in [6.07, 6.45) is 3.06. The van der Waals surface area contributed by atoms with E-state index < -0.39 is 5.60 Å². The van der Waals surface area contributed by atoms with Gasteiger partial charge in [0.15, 0.2) is 0 Å². The number of hydrogen-bond donors (Lipinski definition) is 2. The molecular formula is C13H19NO. The van der Waals surface area contributed by atoms with E-state index in [1.54, 1.807) is 0 Å². The Balaban J connectivity index is 2.12. The Morgan fingerprint density at radius 1 is 1.40 bits per heavy atom. The zero-order chi connectivity index (χ0) is 10.9. The third kappa shape index (κ3) is 2.15. The molecular weight excluding hydrogens is 186 g/mol. The Morgan fingerprint density at radius 3 is 2.73 bits per heavy atom. The zero-order valence-corrected chi connectivity index (χ0v) is 9.46. The summed E-state index contributed by atoms with van der Waals surface area (Å²) in [5, 5.41) is 13.6. The molecule has 2 N–H and O–H groups in total. The van der Waals surface area contributed by atoms with Gasteiger partial charge >= 0.3 is 0 Å². The highest BCUT2D eigenvalue weighted by molar-refractivity contribution is 5.51. The van der Waals surface area contributed by atoms with Gasteiger partial charge in [-0.1, -0.05) is 18.2 Å². The van der Waals surface area contributed by atoms with E-state index in [1.807, 2.05) is 19.1 Å². The summed E-state index contributed by atoms with van der Waals surface area (Å²) in [6, 6.07) is 8.42. The molecule has 1 fully saturated rings. The summed E-state index contributed by atoms with van der Waals surface area (Å²) in [6.45, 7) is 4.02. The molecule has 2 heteroatoms. The number of benzene rings is 1. The summed E-state index contributed by atoms with van der Waals surface area (Å²) in [5.41, 5.74) is 1.83. The first-order valence-corrected chi connectivity index (χ1v) is 5.64. The summed E-state index contributed by atoms with van der Waals surface area (Å²) < 4.78 is 0. The van der Waals surface area contributed by atoms with Crippen LogP contribution in [0.25, 0.3) is 0 Å². The van der Waals surface area contributed by atoms with Gasteiger partial charge in [0.2, 0.25) is 0 Å². The Bertz CT molecular complexity index is 346. The number of hydrogen-bond acceptors (Lipinski definition) is 2. The van der Waals surface area contributed by atoms with Crippen LogP contribution < -0.4 is 5.32 Å². The van der Waals surface area contributed by atoms with Crippen molar-refractivity contribution < 1.29 is 5.11 Å². The molecule has 2 rings (SSSR count). The molecule has 15 heavy (non-hydrogen) atoms. The average Bonchev–Trinajstić information content (AvgIpc) is 2.50. The van der Waals surface area contributed by atoms with Gasteiger partial charge in [0.1, 0.15) is 0 Å². The van der Waals surface area contributed by atoms with Crippen molar-refractivity contribution in [2.45, 2.75) is 44.8 Å². The summed E-state index contributed by atoms with van der Waals surface area (Å²) in [4.78, 5) is 0. The van der Waals surface area contributed by atoms with Crippen molar-refractivity contribution in [2.75, 3.05) is 5.32 Å². The van der Waals surface area contributed by atoms with Crippen LogP contribution in [-0.4, -0.2) is 16.7 Å². The predicted octanol–water partition coefficient (Wildman–Crippen LogP) is 2.71. The van der Waals surface area contributed by atoms with Gasteiger partial charge in [-0.25, -0.2) is 0 Å². The van der Waals surface area contributed by atoms with Crippen molar-refractivity contribution >= 4 is 5.69 Å². The molecule has 0 radical (unpaired) electrons. The minimum Gasteiger partial charge on any atom is -0.388 e. The first-order valence-electron chi connectivity index (χ1n) is 5.64. The largest absolute Gasteiger partial charge is 0.388 e. The van der Waals surface area contributed by atoms with Crippen LogP contribution in [0, 0.1) is 6.92 Å². The molecule has 0 saturated heterocycles. The molecule has 0 spiro atoms. The molecule has 82 valence electrons. The van der Waals surface area contributed by atoms with Gasteiger partial charge in [-0.05, 0) is 44.7 Å². The predicted molar refractivity (Wildman–Crippen MR) is 63.1 cm³/mol. The van der Waals surface area contributed by atoms with Crippen molar-refractivity contribution in [2.24, 2.45) is 0 Å². The lowest BCUT2D eigenvalue weighted by atomic mass is 10.00. The highest BCUT2D eigenvalue weighted by Crippen LogP contribution is 2.32. The molecule has 0 aromatic heterocycles. The topological polar surface area (TPSA) is 32.3 Å². The number of aryl methyl sites for hydroxylation is 1. The first-order chi connectivity index (χ1) is 7.09. The quantitative estimate of drug-likeness (QED) is 0.778. The number of aliphatic hydroxyl groups is 1. The highest BCUT2D eigenvalue weighted by atomic mass is 16.3. The minimum absolute atomic E-state index is 0.193. The van der Waals surface area contributed by atoms with E-state index in [0.717, 1.165) is 24.9 Å². The molecule has 0 heterocycles. The Kier molecular flexibility index (Phi) is 2.70. The smallest absolute Gasteiger partial charge is 0.0819 e. The maximum atomic E-state index is 10.1. The van der Waals surface area contributed by atoms with E-state index in [2.05, 4.69) is 24.4 Å². The molecule has 1 aromatic carbocycles. The lowest BCUT2D eigenvalue weighted by molar-refractivity contribution is 0.0578. The maximum absolute atomic E-state index is 10.1. The van der Waals surface area contributed by atoms with Crippen LogP contribution in [0.15, 0.2) is 24.3 Å². The lowest BCUT2D eigenvalue weighted by Crippen LogP contribution is -2.39. The maximum Gasteiger partial charge on any atom is 0.0819 e. The van der Waals surface area contributed by atoms with Crippen molar-refractivity contribution in [3.63, 3.8) is 0 Å². The van der Waals surface area contributed by atoms with E-state index in [-0.39, 0.29) is 6.04 Å². The van der Waals surface area contributed by atoms with Crippen LogP contribution >= 0.6 is 0 Å². The molecule has 1 aromatic rings. The number of anilines is 1. The Labute approximate surface area is 91.3 Å². The molecule has 2 atom stereocenters. The molecule has 1 aliphatic rings. The number of rotatable bonds is 2. The van der Waals surface area contributed by atoms with Gasteiger partial charge in [-0.3, -0.25) is 0 Å². The molecule has 2 unspecified atom stereocenters. The second-order valence-electron chi connectivity index (χ2n) is 4.76. The average molecular weight is 205 g/mol. The van der Waals surface area contributed by atoms with Gasteiger partial charge in [-0.2, -0.15) is 0 Å². The molecule has 0 aliphatic heterocycles. The molecule has 2 nitrogen and oxygen atoms in total. The second-order valence-corrected chi connectivity index (χ2v) is 4.76. The SMILES string of the molecule is Cc1ccccc1NC1CCCC1(C)O. The fourth-order valence-electron chi connectivity index (χ4n) is 2.30. The number of para-hydroxylation sites is 1.